The van der Waals surface area contributed by atoms with Crippen LogP contribution >= 0.6 is 0 Å². The number of piperazine rings is 1. The molecule has 1 aliphatic rings. The first-order chi connectivity index (χ1) is 13.5. The Balaban J connectivity index is 1.63. The number of aliphatic imine (C=N–C) groups is 1. The van der Waals surface area contributed by atoms with Crippen molar-refractivity contribution in [2.75, 3.05) is 72.0 Å². The second-order valence-electron chi connectivity index (χ2n) is 7.70. The van der Waals surface area contributed by atoms with Crippen molar-refractivity contribution in [3.05, 3.63) is 24.3 Å². The molecule has 28 heavy (non-hydrogen) atoms. The van der Waals surface area contributed by atoms with E-state index in [1.807, 2.05) is 12.1 Å². The molecule has 1 fully saturated rings. The molecule has 2 rings (SSSR count). The minimum atomic E-state index is -0.207. The molecule has 0 unspecified atom stereocenters. The molecule has 0 aromatic heterocycles. The highest BCUT2D eigenvalue weighted by atomic mass is 16.5. The summed E-state index contributed by atoms with van der Waals surface area (Å²) >= 11 is 0. The Morgan fingerprint density at radius 2 is 1.75 bits per heavy atom. The van der Waals surface area contributed by atoms with Crippen molar-refractivity contribution >= 4 is 11.6 Å². The second-order valence-corrected chi connectivity index (χ2v) is 7.70. The van der Waals surface area contributed by atoms with Gasteiger partial charge in [-0.1, -0.05) is 0 Å². The van der Waals surface area contributed by atoms with Crippen LogP contribution < -0.4 is 20.3 Å². The van der Waals surface area contributed by atoms with Crippen molar-refractivity contribution in [1.82, 2.24) is 15.5 Å². The Morgan fingerprint density at radius 3 is 2.32 bits per heavy atom. The van der Waals surface area contributed by atoms with Crippen LogP contribution in [0.3, 0.4) is 0 Å². The SMILES string of the molecule is CN=C(NCCCN1CCN(c2ccc(OC)cc2)CC1)NCC(C)(C)OC. The Kier molecular flexibility index (Phi) is 8.86. The van der Waals surface area contributed by atoms with Crippen LogP contribution in [-0.4, -0.2) is 83.5 Å². The minimum Gasteiger partial charge on any atom is -0.497 e. The fourth-order valence-corrected chi connectivity index (χ4v) is 3.12. The number of hydrogen-bond donors (Lipinski definition) is 2. The fourth-order valence-electron chi connectivity index (χ4n) is 3.12. The molecule has 0 spiro atoms. The lowest BCUT2D eigenvalue weighted by atomic mass is 10.1. The van der Waals surface area contributed by atoms with E-state index in [-0.39, 0.29) is 5.60 Å². The predicted octanol–water partition coefficient (Wildman–Crippen LogP) is 1.80. The predicted molar refractivity (Wildman–Crippen MR) is 117 cm³/mol. The van der Waals surface area contributed by atoms with Gasteiger partial charge in [-0.15, -0.1) is 0 Å². The zero-order valence-electron chi connectivity index (χ0n) is 18.1. The normalized spacial score (nSPS) is 16.2. The van der Waals surface area contributed by atoms with Crippen molar-refractivity contribution in [2.45, 2.75) is 25.9 Å². The van der Waals surface area contributed by atoms with Crippen LogP contribution in [0.2, 0.25) is 0 Å². The number of methoxy groups -OCH3 is 2. The number of nitrogens with zero attached hydrogens (tertiary/aromatic N) is 3. The summed E-state index contributed by atoms with van der Waals surface area (Å²) in [6, 6.07) is 8.34. The maximum atomic E-state index is 5.43. The van der Waals surface area contributed by atoms with Gasteiger partial charge < -0.3 is 25.0 Å². The van der Waals surface area contributed by atoms with Crippen LogP contribution in [0.15, 0.2) is 29.3 Å². The molecule has 7 heteroatoms. The zero-order chi connectivity index (χ0) is 20.4. The van der Waals surface area contributed by atoms with E-state index in [9.17, 15) is 0 Å². The van der Waals surface area contributed by atoms with Crippen molar-refractivity contribution in [3.8, 4) is 5.75 Å². The summed E-state index contributed by atoms with van der Waals surface area (Å²) in [6.07, 6.45) is 1.09. The molecule has 1 aromatic carbocycles. The number of hydrogen-bond acceptors (Lipinski definition) is 5. The van der Waals surface area contributed by atoms with Crippen LogP contribution in [0.5, 0.6) is 5.75 Å². The van der Waals surface area contributed by atoms with Crippen molar-refractivity contribution in [2.24, 2.45) is 4.99 Å². The van der Waals surface area contributed by atoms with E-state index in [1.165, 1.54) is 5.69 Å². The minimum absolute atomic E-state index is 0.207. The first-order valence-electron chi connectivity index (χ1n) is 10.1. The van der Waals surface area contributed by atoms with E-state index in [0.29, 0.717) is 0 Å². The summed E-state index contributed by atoms with van der Waals surface area (Å²) < 4.78 is 10.7. The highest BCUT2D eigenvalue weighted by molar-refractivity contribution is 5.79. The van der Waals surface area contributed by atoms with Gasteiger partial charge in [0, 0.05) is 59.1 Å². The molecular weight excluding hydrogens is 354 g/mol. The number of benzene rings is 1. The van der Waals surface area contributed by atoms with Crippen LogP contribution in [-0.2, 0) is 4.74 Å². The highest BCUT2D eigenvalue weighted by Gasteiger charge is 2.18. The maximum absolute atomic E-state index is 5.43. The quantitative estimate of drug-likeness (QED) is 0.380. The van der Waals surface area contributed by atoms with Crippen molar-refractivity contribution in [3.63, 3.8) is 0 Å². The van der Waals surface area contributed by atoms with Gasteiger partial charge in [-0.05, 0) is 51.1 Å². The molecule has 1 aliphatic heterocycles. The van der Waals surface area contributed by atoms with Crippen molar-refractivity contribution < 1.29 is 9.47 Å². The molecule has 0 aliphatic carbocycles. The number of guanidine groups is 1. The summed E-state index contributed by atoms with van der Waals surface area (Å²) in [5, 5.41) is 6.70. The number of nitrogens with one attached hydrogen (secondary N) is 2. The summed E-state index contributed by atoms with van der Waals surface area (Å²) in [7, 11) is 5.23. The first kappa shape index (κ1) is 22.3. The topological polar surface area (TPSA) is 61.4 Å². The van der Waals surface area contributed by atoms with Gasteiger partial charge in [-0.25, -0.2) is 0 Å². The van der Waals surface area contributed by atoms with Gasteiger partial charge in [0.05, 0.1) is 12.7 Å². The largest absolute Gasteiger partial charge is 0.497 e. The molecule has 2 N–H and O–H groups in total. The average molecular weight is 392 g/mol. The maximum Gasteiger partial charge on any atom is 0.191 e. The van der Waals surface area contributed by atoms with E-state index < -0.39 is 0 Å². The third-order valence-corrected chi connectivity index (χ3v) is 5.21. The molecule has 1 heterocycles. The molecule has 0 amide bonds. The van der Waals surface area contributed by atoms with Gasteiger partial charge in [-0.2, -0.15) is 0 Å². The van der Waals surface area contributed by atoms with Gasteiger partial charge in [0.25, 0.3) is 0 Å². The molecule has 1 saturated heterocycles. The van der Waals surface area contributed by atoms with Crippen LogP contribution in [0, 0.1) is 0 Å². The third-order valence-electron chi connectivity index (χ3n) is 5.21. The standard InChI is InChI=1S/C21H37N5O2/c1-21(2,28-5)17-24-20(22-3)23-11-6-12-25-13-15-26(16-14-25)18-7-9-19(27-4)10-8-18/h7-10H,6,11-17H2,1-5H3,(H2,22,23,24). The lowest BCUT2D eigenvalue weighted by molar-refractivity contribution is 0.0268. The molecule has 0 saturated carbocycles. The number of rotatable bonds is 9. The summed E-state index contributed by atoms with van der Waals surface area (Å²) in [5.41, 5.74) is 1.07. The summed E-state index contributed by atoms with van der Waals surface area (Å²) in [5.74, 6) is 1.74. The third kappa shape index (κ3) is 7.20. The van der Waals surface area contributed by atoms with E-state index >= 15 is 0 Å². The molecule has 7 nitrogen and oxygen atoms in total. The van der Waals surface area contributed by atoms with Gasteiger partial charge in [0.2, 0.25) is 0 Å². The van der Waals surface area contributed by atoms with Crippen LogP contribution in [0.1, 0.15) is 20.3 Å². The highest BCUT2D eigenvalue weighted by Crippen LogP contribution is 2.20. The average Bonchev–Trinajstić information content (AvgIpc) is 2.73. The molecular formula is C21H37N5O2. The van der Waals surface area contributed by atoms with E-state index in [1.54, 1.807) is 21.3 Å². The molecule has 0 bridgehead atoms. The molecule has 158 valence electrons. The number of anilines is 1. The lowest BCUT2D eigenvalue weighted by Gasteiger charge is -2.36. The number of ether oxygens (including phenoxy) is 2. The summed E-state index contributed by atoms with van der Waals surface area (Å²) in [4.78, 5) is 9.25. The van der Waals surface area contributed by atoms with Crippen molar-refractivity contribution in [1.29, 1.82) is 0 Å². The Labute approximate surface area is 170 Å². The molecule has 0 radical (unpaired) electrons. The second kappa shape index (κ2) is 11.1. The van der Waals surface area contributed by atoms with E-state index in [2.05, 4.69) is 51.4 Å². The Hall–Kier alpha value is -1.99. The molecule has 1 aromatic rings. The van der Waals surface area contributed by atoms with Gasteiger partial charge in [0.15, 0.2) is 5.96 Å². The molecule has 0 atom stereocenters. The van der Waals surface area contributed by atoms with Crippen LogP contribution in [0.25, 0.3) is 0 Å². The van der Waals surface area contributed by atoms with E-state index in [0.717, 1.165) is 63.9 Å². The smallest absolute Gasteiger partial charge is 0.191 e. The Morgan fingerprint density at radius 1 is 1.07 bits per heavy atom. The van der Waals surface area contributed by atoms with E-state index in [4.69, 9.17) is 9.47 Å². The lowest BCUT2D eigenvalue weighted by Crippen LogP contribution is -2.48. The fraction of sp³-hybridized carbons (Fsp3) is 0.667. The zero-order valence-corrected chi connectivity index (χ0v) is 18.1. The summed E-state index contributed by atoms with van der Waals surface area (Å²) in [6.45, 7) is 11.2. The van der Waals surface area contributed by atoms with Gasteiger partial charge in [-0.3, -0.25) is 9.89 Å². The van der Waals surface area contributed by atoms with Gasteiger partial charge >= 0.3 is 0 Å². The van der Waals surface area contributed by atoms with Gasteiger partial charge in [0.1, 0.15) is 5.75 Å². The van der Waals surface area contributed by atoms with Crippen LogP contribution in [0.4, 0.5) is 5.69 Å². The monoisotopic (exact) mass is 391 g/mol. The Bertz CT molecular complexity index is 595. The first-order valence-corrected chi connectivity index (χ1v) is 10.1.